The SMILES string of the molecule is [2H]c1c([2H])c([2H])c2c(c1[2H])Cc1c-2c2c([2H])c([2H])c([2H])c([2H])c2n1-c1c([2H])c([2H])c2c(c1[2H])N(c1c(-c3ccccc3)cccc1-c1ccccc1)c1cc(C(C)(C)C)cc3c1C2c1c([2H])c([2H])c(-n2c4c(c5c([2H])c([2H])c([2H])c([2H])c52)-c2c([2H])c([2H])c([2H])c([2H])c2C4)c([2H])c1N3c1c(-c2ccccc2)cccc1-c1ccccc1. The van der Waals surface area contributed by atoms with Crippen molar-refractivity contribution in [2.75, 3.05) is 9.80 Å². The third-order valence-corrected chi connectivity index (χ3v) is 18.8. The molecule has 0 bridgehead atoms. The van der Waals surface area contributed by atoms with Gasteiger partial charge in [-0.1, -0.05) is 275 Å². The molecule has 0 amide bonds. The Morgan fingerprint density at radius 3 is 1.12 bits per heavy atom. The molecule has 2 aromatic heterocycles. The molecule has 19 rings (SSSR count). The minimum Gasteiger partial charge on any atom is -0.313 e. The first kappa shape index (κ1) is 35.8. The lowest BCUT2D eigenvalue weighted by molar-refractivity contribution is 0.590. The summed E-state index contributed by atoms with van der Waals surface area (Å²) in [5, 5.41) is -0.295. The molecule has 2 aliphatic heterocycles. The number of hydrogen-bond acceptors (Lipinski definition) is 2. The number of aromatic nitrogens is 2. The summed E-state index contributed by atoms with van der Waals surface area (Å²) in [6.45, 7) is 6.12. The molecule has 0 radical (unpaired) electrons. The van der Waals surface area contributed by atoms with Crippen LogP contribution in [0.1, 0.15) is 102 Å². The first-order valence-electron chi connectivity index (χ1n) is 42.0. The third-order valence-electron chi connectivity index (χ3n) is 18.8. The molecule has 2 aliphatic carbocycles. The van der Waals surface area contributed by atoms with Crippen LogP contribution in [0.5, 0.6) is 0 Å². The first-order valence-corrected chi connectivity index (χ1v) is 31.0. The molecule has 0 N–H and O–H groups in total. The van der Waals surface area contributed by atoms with Crippen LogP contribution in [-0.2, 0) is 18.3 Å². The number of nitrogens with zero attached hydrogens (tertiary/aromatic N) is 4. The lowest BCUT2D eigenvalue weighted by Gasteiger charge is -2.47. The number of para-hydroxylation sites is 4. The van der Waals surface area contributed by atoms with E-state index in [0.717, 1.165) is 0 Å². The van der Waals surface area contributed by atoms with Crippen molar-refractivity contribution in [1.82, 2.24) is 9.13 Å². The lowest BCUT2D eigenvalue weighted by atomic mass is 9.73. The second kappa shape index (κ2) is 20.5. The minimum absolute atomic E-state index is 0.0274. The molecule has 13 aromatic carbocycles. The summed E-state index contributed by atoms with van der Waals surface area (Å²) < 4.78 is 220. The fourth-order valence-corrected chi connectivity index (χ4v) is 14.8. The van der Waals surface area contributed by atoms with Crippen molar-refractivity contribution in [2.24, 2.45) is 0 Å². The highest BCUT2D eigenvalue weighted by Crippen LogP contribution is 2.65. The molecule has 0 saturated carbocycles. The maximum atomic E-state index is 11.7. The molecule has 15 aromatic rings. The van der Waals surface area contributed by atoms with Crippen LogP contribution in [0.25, 0.3) is 99.9 Å². The zero-order chi connectivity index (χ0) is 80.8. The molecular formula is C89H64N4. The fraction of sp³-hybridized carbons (Fsp3) is 0.0787. The van der Waals surface area contributed by atoms with Crippen molar-refractivity contribution in [2.45, 2.75) is 44.9 Å². The largest absolute Gasteiger partial charge is 0.313 e. The molecule has 93 heavy (non-hydrogen) atoms. The monoisotopic (exact) mass is 1210 g/mol. The Bertz CT molecular complexity index is 6400. The Kier molecular flexibility index (Phi) is 7.90. The molecule has 0 saturated heterocycles. The molecule has 4 aliphatic rings. The van der Waals surface area contributed by atoms with Crippen molar-refractivity contribution in [3.8, 4) is 78.1 Å². The Hall–Kier alpha value is -11.5. The van der Waals surface area contributed by atoms with Gasteiger partial charge in [0.15, 0.2) is 0 Å². The van der Waals surface area contributed by atoms with Crippen molar-refractivity contribution < 1.29 is 30.2 Å². The fourth-order valence-electron chi connectivity index (χ4n) is 14.8. The zero-order valence-electron chi connectivity index (χ0n) is 72.4. The van der Waals surface area contributed by atoms with E-state index >= 15 is 0 Å². The van der Waals surface area contributed by atoms with Crippen molar-refractivity contribution in [3.05, 3.63) is 348 Å². The first-order chi connectivity index (χ1) is 55.0. The summed E-state index contributed by atoms with van der Waals surface area (Å²) in [4.78, 5) is 3.84. The third kappa shape index (κ3) is 8.04. The van der Waals surface area contributed by atoms with E-state index in [1.54, 1.807) is 0 Å². The molecule has 0 atom stereocenters. The standard InChI is InChI=1S/C89H64N4/c1-89(2,3)62-52-81-86-82(53-62)93(88-69(58-30-12-6-13-31-58)42-25-43-70(88)59-32-14-7-15-33-59)78-55-64(91-76-45-23-21-39-72(76)84-66-37-19-17-35-61(66)51-80(84)91)47-49-74(78)85(86)73-48-46-63(90-75-44-22-20-38-71(75)83-65-36-18-16-34-60(65)50-79(83)90)54-77(73)92(81)87-67(56-26-8-4-9-27-56)40-24-41-68(87)57-28-10-5-11-29-57/h4-49,52-55,85H,50-51H2,1-3H3/i16D,17D,18D,19D,20D,21D,22D,23D,34D,35D,36D,37D,38D,39D,44D,45D,46D,47D,48D,49D,54D,55D. The van der Waals surface area contributed by atoms with Crippen molar-refractivity contribution in [3.63, 3.8) is 0 Å². The molecule has 0 unspecified atom stereocenters. The number of hydrogen-bond donors (Lipinski definition) is 0. The van der Waals surface area contributed by atoms with E-state index in [0.29, 0.717) is 78.4 Å². The maximum absolute atomic E-state index is 11.7. The highest BCUT2D eigenvalue weighted by atomic mass is 15.2. The Labute approximate surface area is 573 Å². The van der Waals surface area contributed by atoms with Gasteiger partial charge in [-0.15, -0.1) is 0 Å². The molecule has 4 nitrogen and oxygen atoms in total. The maximum Gasteiger partial charge on any atom is 0.0667 e. The van der Waals surface area contributed by atoms with E-state index in [1.807, 2.05) is 200 Å². The van der Waals surface area contributed by atoms with Gasteiger partial charge >= 0.3 is 0 Å². The van der Waals surface area contributed by atoms with Gasteiger partial charge in [-0.05, 0) is 115 Å². The van der Waals surface area contributed by atoms with Gasteiger partial charge in [0.1, 0.15) is 0 Å². The van der Waals surface area contributed by atoms with Crippen molar-refractivity contribution in [1.29, 1.82) is 0 Å². The predicted molar refractivity (Wildman–Crippen MR) is 387 cm³/mol. The Morgan fingerprint density at radius 1 is 0.366 bits per heavy atom. The average Bonchev–Trinajstić information content (AvgIpc) is 1.67. The highest BCUT2D eigenvalue weighted by Gasteiger charge is 2.45. The van der Waals surface area contributed by atoms with Gasteiger partial charge in [-0.3, -0.25) is 0 Å². The minimum atomic E-state index is -1.54. The predicted octanol–water partition coefficient (Wildman–Crippen LogP) is 23.4. The quantitative estimate of drug-likeness (QED) is 0.151. The van der Waals surface area contributed by atoms with Crippen LogP contribution in [0, 0.1) is 0 Å². The van der Waals surface area contributed by atoms with Crippen LogP contribution in [0.2, 0.25) is 0 Å². The van der Waals surface area contributed by atoms with Crippen molar-refractivity contribution >= 4 is 55.9 Å². The lowest BCUT2D eigenvalue weighted by Crippen LogP contribution is -2.31. The van der Waals surface area contributed by atoms with Crippen LogP contribution in [0.15, 0.2) is 303 Å². The Morgan fingerprint density at radius 2 is 0.731 bits per heavy atom. The van der Waals surface area contributed by atoms with Crippen LogP contribution >= 0.6 is 0 Å². The van der Waals surface area contributed by atoms with E-state index in [-0.39, 0.29) is 113 Å². The number of benzene rings is 13. The summed E-state index contributed by atoms with van der Waals surface area (Å²) in [5.74, 6) is -1.54. The summed E-state index contributed by atoms with van der Waals surface area (Å²) in [7, 11) is 0. The number of fused-ring (bicyclic) bond motifs is 14. The summed E-state index contributed by atoms with van der Waals surface area (Å²) in [6, 6.07) is 41.5. The smallest absolute Gasteiger partial charge is 0.0667 e. The van der Waals surface area contributed by atoms with Gasteiger partial charge in [-0.25, -0.2) is 0 Å². The molecule has 0 fully saturated rings. The topological polar surface area (TPSA) is 16.3 Å². The van der Waals surface area contributed by atoms with Crippen LogP contribution in [0.3, 0.4) is 0 Å². The van der Waals surface area contributed by atoms with Gasteiger partial charge in [0.05, 0.1) is 75.3 Å². The zero-order valence-corrected chi connectivity index (χ0v) is 50.4. The summed E-state index contributed by atoms with van der Waals surface area (Å²) >= 11 is 0. The number of rotatable bonds is 8. The Balaban J connectivity index is 1.04. The second-order valence-electron chi connectivity index (χ2n) is 24.9. The average molecular weight is 1210 g/mol. The molecule has 0 spiro atoms. The van der Waals surface area contributed by atoms with E-state index in [4.69, 9.17) is 5.48 Å². The van der Waals surface area contributed by atoms with Crippen LogP contribution in [0.4, 0.5) is 34.1 Å². The van der Waals surface area contributed by atoms with E-state index < -0.39 is 144 Å². The second-order valence-corrected chi connectivity index (χ2v) is 24.9. The summed E-state index contributed by atoms with van der Waals surface area (Å²) in [6.07, 6.45) is -0.642. The molecule has 4 heteroatoms. The van der Waals surface area contributed by atoms with Gasteiger partial charge in [0, 0.05) is 91.2 Å². The normalized spacial score (nSPS) is 16.7. The number of anilines is 6. The highest BCUT2D eigenvalue weighted by molar-refractivity contribution is 6.09. The van der Waals surface area contributed by atoms with Gasteiger partial charge in [-0.2, -0.15) is 0 Å². The summed E-state index contributed by atoms with van der Waals surface area (Å²) in [5.41, 5.74) is 6.13. The van der Waals surface area contributed by atoms with Gasteiger partial charge in [0.25, 0.3) is 0 Å². The molecular weight excluding hydrogens is 1130 g/mol. The van der Waals surface area contributed by atoms with E-state index in [9.17, 15) is 24.7 Å². The van der Waals surface area contributed by atoms with E-state index in [1.165, 1.54) is 9.13 Å². The van der Waals surface area contributed by atoms with Crippen LogP contribution < -0.4 is 9.80 Å². The molecule has 4 heterocycles. The van der Waals surface area contributed by atoms with Gasteiger partial charge in [0.2, 0.25) is 0 Å². The van der Waals surface area contributed by atoms with E-state index in [2.05, 4.69) is 0 Å². The molecule has 440 valence electrons. The van der Waals surface area contributed by atoms with Crippen LogP contribution in [-0.4, -0.2) is 9.13 Å². The van der Waals surface area contributed by atoms with Gasteiger partial charge < -0.3 is 18.9 Å².